The van der Waals surface area contributed by atoms with Crippen molar-refractivity contribution in [2.24, 2.45) is 5.92 Å². The Labute approximate surface area is 105 Å². The first kappa shape index (κ1) is 15.7. The predicted octanol–water partition coefficient (Wildman–Crippen LogP) is 2.10. The third kappa shape index (κ3) is 5.71. The molecule has 16 heavy (non-hydrogen) atoms. The van der Waals surface area contributed by atoms with Crippen LogP contribution in [0.1, 0.15) is 45.4 Å². The lowest BCUT2D eigenvalue weighted by atomic mass is 10.1. The van der Waals surface area contributed by atoms with Gasteiger partial charge in [0.15, 0.2) is 0 Å². The van der Waals surface area contributed by atoms with Crippen LogP contribution in [-0.2, 0) is 4.79 Å². The number of hydrogen-bond donors (Lipinski definition) is 2. The molecule has 1 rings (SSSR count). The van der Waals surface area contributed by atoms with E-state index in [1.165, 1.54) is 25.7 Å². The van der Waals surface area contributed by atoms with Gasteiger partial charge in [0.05, 0.1) is 0 Å². The van der Waals surface area contributed by atoms with E-state index in [0.29, 0.717) is 6.04 Å². The lowest BCUT2D eigenvalue weighted by Gasteiger charge is -2.19. The zero-order chi connectivity index (χ0) is 11.1. The normalized spacial score (nSPS) is 19.4. The quantitative estimate of drug-likeness (QED) is 0.749. The summed E-state index contributed by atoms with van der Waals surface area (Å²) in [5.74, 6) is 0.287. The molecule has 0 aromatic rings. The van der Waals surface area contributed by atoms with Gasteiger partial charge in [-0.05, 0) is 19.9 Å². The summed E-state index contributed by atoms with van der Waals surface area (Å²) >= 11 is 0. The molecular formula is C12H25ClN2O. The highest BCUT2D eigenvalue weighted by Crippen LogP contribution is 2.17. The summed E-state index contributed by atoms with van der Waals surface area (Å²) in [6.07, 6.45) is 7.53. The van der Waals surface area contributed by atoms with Gasteiger partial charge in [0.25, 0.3) is 0 Å². The van der Waals surface area contributed by atoms with Gasteiger partial charge in [-0.2, -0.15) is 0 Å². The van der Waals surface area contributed by atoms with Crippen LogP contribution in [0.3, 0.4) is 0 Å². The Morgan fingerprint density at radius 3 is 2.31 bits per heavy atom. The molecule has 1 aliphatic rings. The number of carbonyl (C=O) groups is 1. The summed E-state index contributed by atoms with van der Waals surface area (Å²) in [5.41, 5.74) is 0. The van der Waals surface area contributed by atoms with E-state index in [-0.39, 0.29) is 24.2 Å². The highest BCUT2D eigenvalue weighted by atomic mass is 35.5. The van der Waals surface area contributed by atoms with Gasteiger partial charge in [-0.25, -0.2) is 0 Å². The second-order valence-electron chi connectivity index (χ2n) is 4.66. The van der Waals surface area contributed by atoms with Gasteiger partial charge in [0, 0.05) is 18.5 Å². The Kier molecular flexibility index (Phi) is 8.67. The first-order chi connectivity index (χ1) is 7.24. The van der Waals surface area contributed by atoms with Gasteiger partial charge >= 0.3 is 0 Å². The molecule has 3 nitrogen and oxygen atoms in total. The zero-order valence-corrected chi connectivity index (χ0v) is 11.2. The molecule has 1 aliphatic carbocycles. The topological polar surface area (TPSA) is 41.1 Å². The molecule has 0 heterocycles. The molecule has 0 radical (unpaired) electrons. The van der Waals surface area contributed by atoms with Gasteiger partial charge in [-0.3, -0.25) is 4.79 Å². The van der Waals surface area contributed by atoms with E-state index >= 15 is 0 Å². The van der Waals surface area contributed by atoms with Crippen molar-refractivity contribution in [1.82, 2.24) is 10.6 Å². The molecule has 0 aliphatic heterocycles. The van der Waals surface area contributed by atoms with Crippen LogP contribution in [0.5, 0.6) is 0 Å². The Morgan fingerprint density at radius 2 is 1.81 bits per heavy atom. The van der Waals surface area contributed by atoms with Crippen LogP contribution in [0, 0.1) is 5.92 Å². The van der Waals surface area contributed by atoms with Crippen LogP contribution in [-0.4, -0.2) is 25.5 Å². The van der Waals surface area contributed by atoms with Crippen LogP contribution in [0.25, 0.3) is 0 Å². The van der Waals surface area contributed by atoms with Crippen molar-refractivity contribution in [3.63, 3.8) is 0 Å². The maximum absolute atomic E-state index is 11.8. The molecule has 96 valence electrons. The predicted molar refractivity (Wildman–Crippen MR) is 70.0 cm³/mol. The average molecular weight is 249 g/mol. The van der Waals surface area contributed by atoms with Gasteiger partial charge in [-0.15, -0.1) is 12.4 Å². The van der Waals surface area contributed by atoms with Crippen LogP contribution >= 0.6 is 12.4 Å². The smallest absolute Gasteiger partial charge is 0.224 e. The number of amides is 1. The maximum atomic E-state index is 11.8. The number of halogens is 1. The fraction of sp³-hybridized carbons (Fsp3) is 0.917. The van der Waals surface area contributed by atoms with Crippen LogP contribution in [0.4, 0.5) is 0 Å². The number of carbonyl (C=O) groups excluding carboxylic acids is 1. The molecule has 0 bridgehead atoms. The molecule has 0 aromatic carbocycles. The fourth-order valence-corrected chi connectivity index (χ4v) is 2.17. The first-order valence-corrected chi connectivity index (χ1v) is 6.19. The van der Waals surface area contributed by atoms with Gasteiger partial charge < -0.3 is 10.6 Å². The van der Waals surface area contributed by atoms with Crippen LogP contribution < -0.4 is 10.6 Å². The molecule has 1 saturated carbocycles. The summed E-state index contributed by atoms with van der Waals surface area (Å²) < 4.78 is 0. The number of nitrogens with one attached hydrogen (secondary N) is 2. The minimum atomic E-state index is 0. The molecular weight excluding hydrogens is 224 g/mol. The third-order valence-electron chi connectivity index (χ3n) is 3.16. The highest BCUT2D eigenvalue weighted by molar-refractivity contribution is 5.85. The Morgan fingerprint density at radius 1 is 1.25 bits per heavy atom. The molecule has 4 heteroatoms. The summed E-state index contributed by atoms with van der Waals surface area (Å²) in [6, 6.07) is 0.430. The van der Waals surface area contributed by atoms with E-state index in [0.717, 1.165) is 19.4 Å². The van der Waals surface area contributed by atoms with Crippen molar-refractivity contribution >= 4 is 18.3 Å². The van der Waals surface area contributed by atoms with Gasteiger partial charge in [0.1, 0.15) is 0 Å². The van der Waals surface area contributed by atoms with Gasteiger partial charge in [0.2, 0.25) is 5.91 Å². The second-order valence-corrected chi connectivity index (χ2v) is 4.66. The molecule has 1 atom stereocenters. The van der Waals surface area contributed by atoms with E-state index in [2.05, 4.69) is 10.6 Å². The summed E-state index contributed by atoms with van der Waals surface area (Å²) in [5, 5.41) is 6.20. The molecule has 1 fully saturated rings. The standard InChI is InChI=1S/C12H24N2O.ClH/c1-10(9-13-2)12(15)14-11-7-5-3-4-6-8-11;/h10-11,13H,3-9H2,1-2H3,(H,14,15);1H. The second kappa shape index (κ2) is 8.82. The van der Waals surface area contributed by atoms with Crippen molar-refractivity contribution in [2.75, 3.05) is 13.6 Å². The largest absolute Gasteiger partial charge is 0.353 e. The summed E-state index contributed by atoms with van der Waals surface area (Å²) in [4.78, 5) is 11.8. The molecule has 0 spiro atoms. The zero-order valence-electron chi connectivity index (χ0n) is 10.4. The first-order valence-electron chi connectivity index (χ1n) is 6.19. The van der Waals surface area contributed by atoms with Crippen LogP contribution in [0.15, 0.2) is 0 Å². The van der Waals surface area contributed by atoms with Crippen molar-refractivity contribution in [2.45, 2.75) is 51.5 Å². The Bertz CT molecular complexity index is 191. The van der Waals surface area contributed by atoms with E-state index in [9.17, 15) is 4.79 Å². The van der Waals surface area contributed by atoms with Crippen LogP contribution in [0.2, 0.25) is 0 Å². The van der Waals surface area contributed by atoms with Crippen molar-refractivity contribution in [1.29, 1.82) is 0 Å². The highest BCUT2D eigenvalue weighted by Gasteiger charge is 2.17. The van der Waals surface area contributed by atoms with Gasteiger partial charge in [-0.1, -0.05) is 32.6 Å². The third-order valence-corrected chi connectivity index (χ3v) is 3.16. The fourth-order valence-electron chi connectivity index (χ4n) is 2.17. The van der Waals surface area contributed by atoms with E-state index in [1.54, 1.807) is 0 Å². The monoisotopic (exact) mass is 248 g/mol. The van der Waals surface area contributed by atoms with Crippen molar-refractivity contribution < 1.29 is 4.79 Å². The van der Waals surface area contributed by atoms with E-state index < -0.39 is 0 Å². The van der Waals surface area contributed by atoms with Crippen molar-refractivity contribution in [3.05, 3.63) is 0 Å². The van der Waals surface area contributed by atoms with Crippen molar-refractivity contribution in [3.8, 4) is 0 Å². The minimum absolute atomic E-state index is 0. The van der Waals surface area contributed by atoms with E-state index in [4.69, 9.17) is 0 Å². The SMILES string of the molecule is CNCC(C)C(=O)NC1CCCCCC1.Cl. The number of rotatable bonds is 4. The summed E-state index contributed by atoms with van der Waals surface area (Å²) in [7, 11) is 1.88. The van der Waals surface area contributed by atoms with E-state index in [1.807, 2.05) is 14.0 Å². The Hall–Kier alpha value is -0.280. The molecule has 0 aromatic heterocycles. The molecule has 0 saturated heterocycles. The molecule has 1 unspecified atom stereocenters. The minimum Gasteiger partial charge on any atom is -0.353 e. The summed E-state index contributed by atoms with van der Waals surface area (Å²) in [6.45, 7) is 2.74. The molecule has 2 N–H and O–H groups in total. The maximum Gasteiger partial charge on any atom is 0.224 e. The Balaban J connectivity index is 0.00000225. The number of hydrogen-bond acceptors (Lipinski definition) is 2. The average Bonchev–Trinajstić information content (AvgIpc) is 2.46. The molecule has 1 amide bonds. The lowest BCUT2D eigenvalue weighted by Crippen LogP contribution is -2.40. The lowest BCUT2D eigenvalue weighted by molar-refractivity contribution is -0.125.